The van der Waals surface area contributed by atoms with Crippen LogP contribution in [0.1, 0.15) is 31.4 Å². The molecule has 1 saturated carbocycles. The topological polar surface area (TPSA) is 50.4 Å². The molecule has 4 nitrogen and oxygen atoms in total. The third-order valence-corrected chi connectivity index (χ3v) is 3.67. The lowest BCUT2D eigenvalue weighted by Crippen LogP contribution is -2.30. The standard InChI is InChI=1S/C14H19BrN2O2/c1-9(16-2)12-6-3-10(15)7-13(12)19-8-14(18)17-11-4-5-11/h3,6-7,9,11,16H,4-5,8H2,1-2H3,(H,17,18). The highest BCUT2D eigenvalue weighted by molar-refractivity contribution is 9.10. The van der Waals surface area contributed by atoms with Crippen molar-refractivity contribution in [3.05, 3.63) is 28.2 Å². The fourth-order valence-electron chi connectivity index (χ4n) is 1.79. The zero-order valence-electron chi connectivity index (χ0n) is 11.2. The Morgan fingerprint density at radius 1 is 1.53 bits per heavy atom. The Morgan fingerprint density at radius 2 is 2.26 bits per heavy atom. The summed E-state index contributed by atoms with van der Waals surface area (Å²) in [6.07, 6.45) is 2.18. The first-order valence-corrected chi connectivity index (χ1v) is 7.28. The normalized spacial score (nSPS) is 15.9. The van der Waals surface area contributed by atoms with Gasteiger partial charge in [-0.05, 0) is 38.9 Å². The van der Waals surface area contributed by atoms with E-state index in [2.05, 4.69) is 33.5 Å². The lowest BCUT2D eigenvalue weighted by molar-refractivity contribution is -0.123. The third kappa shape index (κ3) is 4.21. The van der Waals surface area contributed by atoms with Crippen LogP contribution in [0.15, 0.2) is 22.7 Å². The lowest BCUT2D eigenvalue weighted by Gasteiger charge is -2.16. The SMILES string of the molecule is CNC(C)c1ccc(Br)cc1OCC(=O)NC1CC1. The molecule has 0 heterocycles. The van der Waals surface area contributed by atoms with Gasteiger partial charge in [-0.3, -0.25) is 4.79 Å². The van der Waals surface area contributed by atoms with Crippen molar-refractivity contribution in [2.45, 2.75) is 31.8 Å². The summed E-state index contributed by atoms with van der Waals surface area (Å²) in [5, 5.41) is 6.09. The first-order valence-electron chi connectivity index (χ1n) is 6.49. The number of carbonyl (C=O) groups is 1. The number of halogens is 1. The van der Waals surface area contributed by atoms with Gasteiger partial charge in [0.1, 0.15) is 5.75 Å². The van der Waals surface area contributed by atoms with Crippen LogP contribution in [0.25, 0.3) is 0 Å². The van der Waals surface area contributed by atoms with Crippen LogP contribution in [-0.2, 0) is 4.79 Å². The zero-order valence-corrected chi connectivity index (χ0v) is 12.8. The minimum Gasteiger partial charge on any atom is -0.483 e. The van der Waals surface area contributed by atoms with Crippen molar-refractivity contribution in [2.24, 2.45) is 0 Å². The van der Waals surface area contributed by atoms with Gasteiger partial charge >= 0.3 is 0 Å². The summed E-state index contributed by atoms with van der Waals surface area (Å²) in [4.78, 5) is 11.6. The van der Waals surface area contributed by atoms with Gasteiger partial charge < -0.3 is 15.4 Å². The van der Waals surface area contributed by atoms with Crippen LogP contribution in [0.4, 0.5) is 0 Å². The monoisotopic (exact) mass is 326 g/mol. The molecule has 104 valence electrons. The van der Waals surface area contributed by atoms with Crippen LogP contribution in [0.2, 0.25) is 0 Å². The van der Waals surface area contributed by atoms with Crippen molar-refractivity contribution in [1.82, 2.24) is 10.6 Å². The Balaban J connectivity index is 2.00. The summed E-state index contributed by atoms with van der Waals surface area (Å²) in [6.45, 7) is 2.12. The first kappa shape index (κ1) is 14.3. The second-order valence-electron chi connectivity index (χ2n) is 4.82. The Labute approximate surface area is 122 Å². The van der Waals surface area contributed by atoms with E-state index in [0.717, 1.165) is 28.6 Å². The largest absolute Gasteiger partial charge is 0.483 e. The number of amides is 1. The van der Waals surface area contributed by atoms with Gasteiger partial charge in [-0.2, -0.15) is 0 Å². The second-order valence-corrected chi connectivity index (χ2v) is 5.74. The third-order valence-electron chi connectivity index (χ3n) is 3.18. The quantitative estimate of drug-likeness (QED) is 0.843. The average molecular weight is 327 g/mol. The molecule has 19 heavy (non-hydrogen) atoms. The van der Waals surface area contributed by atoms with E-state index in [-0.39, 0.29) is 18.6 Å². The maximum atomic E-state index is 11.6. The molecule has 0 aliphatic heterocycles. The average Bonchev–Trinajstić information content (AvgIpc) is 3.19. The van der Waals surface area contributed by atoms with Crippen molar-refractivity contribution >= 4 is 21.8 Å². The molecular formula is C14H19BrN2O2. The molecule has 5 heteroatoms. The molecule has 1 aromatic carbocycles. The predicted octanol–water partition coefficient (Wildman–Crippen LogP) is 2.39. The number of benzene rings is 1. The summed E-state index contributed by atoms with van der Waals surface area (Å²) < 4.78 is 6.59. The van der Waals surface area contributed by atoms with Gasteiger partial charge in [0.15, 0.2) is 6.61 Å². The fourth-order valence-corrected chi connectivity index (χ4v) is 2.13. The highest BCUT2D eigenvalue weighted by Gasteiger charge is 2.23. The molecule has 2 rings (SSSR count). The Bertz CT molecular complexity index is 461. The number of nitrogens with one attached hydrogen (secondary N) is 2. The molecule has 1 unspecified atom stereocenters. The molecule has 1 atom stereocenters. The van der Waals surface area contributed by atoms with Crippen LogP contribution in [0.3, 0.4) is 0 Å². The van der Waals surface area contributed by atoms with E-state index >= 15 is 0 Å². The van der Waals surface area contributed by atoms with Crippen molar-refractivity contribution in [1.29, 1.82) is 0 Å². The van der Waals surface area contributed by atoms with E-state index in [1.165, 1.54) is 0 Å². The molecule has 1 aromatic rings. The van der Waals surface area contributed by atoms with Crippen molar-refractivity contribution in [3.8, 4) is 5.75 Å². The highest BCUT2D eigenvalue weighted by atomic mass is 79.9. The van der Waals surface area contributed by atoms with Crippen LogP contribution in [0, 0.1) is 0 Å². The molecule has 0 bridgehead atoms. The minimum atomic E-state index is -0.0504. The Hall–Kier alpha value is -1.07. The van der Waals surface area contributed by atoms with E-state index in [0.29, 0.717) is 6.04 Å². The number of carbonyl (C=O) groups excluding carboxylic acids is 1. The van der Waals surface area contributed by atoms with Gasteiger partial charge in [0.05, 0.1) is 0 Å². The summed E-state index contributed by atoms with van der Waals surface area (Å²) in [7, 11) is 1.90. The molecule has 1 aliphatic rings. The number of hydrogen-bond acceptors (Lipinski definition) is 3. The molecule has 0 spiro atoms. The summed E-state index contributed by atoms with van der Waals surface area (Å²) in [5.74, 6) is 0.688. The van der Waals surface area contributed by atoms with Crippen molar-refractivity contribution < 1.29 is 9.53 Å². The molecular weight excluding hydrogens is 308 g/mol. The first-order chi connectivity index (χ1) is 9.10. The van der Waals surface area contributed by atoms with E-state index < -0.39 is 0 Å². The van der Waals surface area contributed by atoms with E-state index in [9.17, 15) is 4.79 Å². The Kier molecular flexibility index (Phi) is 4.82. The van der Waals surface area contributed by atoms with Crippen LogP contribution < -0.4 is 15.4 Å². The summed E-state index contributed by atoms with van der Waals surface area (Å²) in [5.41, 5.74) is 1.05. The fraction of sp³-hybridized carbons (Fsp3) is 0.500. The van der Waals surface area contributed by atoms with Crippen LogP contribution in [0.5, 0.6) is 5.75 Å². The minimum absolute atomic E-state index is 0.0504. The molecule has 0 saturated heterocycles. The lowest BCUT2D eigenvalue weighted by atomic mass is 10.1. The maximum Gasteiger partial charge on any atom is 0.258 e. The van der Waals surface area contributed by atoms with E-state index in [1.807, 2.05) is 25.2 Å². The molecule has 1 aliphatic carbocycles. The number of ether oxygens (including phenoxy) is 1. The van der Waals surface area contributed by atoms with E-state index in [1.54, 1.807) is 0 Å². The predicted molar refractivity (Wildman–Crippen MR) is 78.3 cm³/mol. The van der Waals surface area contributed by atoms with Crippen molar-refractivity contribution in [2.75, 3.05) is 13.7 Å². The summed E-state index contributed by atoms with van der Waals surface area (Å²) in [6, 6.07) is 6.41. The van der Waals surface area contributed by atoms with Gasteiger partial charge in [-0.25, -0.2) is 0 Å². The zero-order chi connectivity index (χ0) is 13.8. The molecule has 1 amide bonds. The van der Waals surface area contributed by atoms with Gasteiger partial charge in [0.2, 0.25) is 0 Å². The van der Waals surface area contributed by atoms with Gasteiger partial charge in [0, 0.05) is 22.1 Å². The van der Waals surface area contributed by atoms with Crippen LogP contribution >= 0.6 is 15.9 Å². The molecule has 0 radical (unpaired) electrons. The number of rotatable bonds is 6. The van der Waals surface area contributed by atoms with E-state index in [4.69, 9.17) is 4.74 Å². The Morgan fingerprint density at radius 3 is 2.89 bits per heavy atom. The van der Waals surface area contributed by atoms with Gasteiger partial charge in [-0.1, -0.05) is 22.0 Å². The highest BCUT2D eigenvalue weighted by Crippen LogP contribution is 2.28. The molecule has 0 aromatic heterocycles. The van der Waals surface area contributed by atoms with Crippen molar-refractivity contribution in [3.63, 3.8) is 0 Å². The van der Waals surface area contributed by atoms with Crippen LogP contribution in [-0.4, -0.2) is 25.6 Å². The molecule has 1 fully saturated rings. The maximum absolute atomic E-state index is 11.6. The second kappa shape index (κ2) is 6.39. The smallest absolute Gasteiger partial charge is 0.258 e. The molecule has 2 N–H and O–H groups in total. The number of hydrogen-bond donors (Lipinski definition) is 2. The van der Waals surface area contributed by atoms with Gasteiger partial charge in [0.25, 0.3) is 5.91 Å². The summed E-state index contributed by atoms with van der Waals surface area (Å²) >= 11 is 3.42. The van der Waals surface area contributed by atoms with Gasteiger partial charge in [-0.15, -0.1) is 0 Å².